The van der Waals surface area contributed by atoms with Crippen LogP contribution in [0.3, 0.4) is 0 Å². The second-order valence-corrected chi connectivity index (χ2v) is 4.93. The van der Waals surface area contributed by atoms with Gasteiger partial charge < -0.3 is 10.6 Å². The van der Waals surface area contributed by atoms with Crippen molar-refractivity contribution in [1.29, 1.82) is 0 Å². The van der Waals surface area contributed by atoms with Gasteiger partial charge in [-0.25, -0.2) is 0 Å². The monoisotopic (exact) mass is 232 g/mol. The summed E-state index contributed by atoms with van der Waals surface area (Å²) in [5, 5.41) is 0. The van der Waals surface area contributed by atoms with Gasteiger partial charge >= 0.3 is 0 Å². The van der Waals surface area contributed by atoms with Gasteiger partial charge in [-0.3, -0.25) is 4.79 Å². The van der Waals surface area contributed by atoms with E-state index in [1.165, 1.54) is 0 Å². The Morgan fingerprint density at radius 1 is 1.41 bits per heavy atom. The molecule has 3 nitrogen and oxygen atoms in total. The molecule has 0 bridgehead atoms. The molecule has 1 aliphatic heterocycles. The quantitative estimate of drug-likeness (QED) is 0.838. The van der Waals surface area contributed by atoms with Gasteiger partial charge in [0.25, 0.3) is 0 Å². The third-order valence-electron chi connectivity index (χ3n) is 3.57. The van der Waals surface area contributed by atoms with Gasteiger partial charge in [-0.15, -0.1) is 0 Å². The van der Waals surface area contributed by atoms with Gasteiger partial charge in [0.15, 0.2) is 0 Å². The minimum absolute atomic E-state index is 0.128. The van der Waals surface area contributed by atoms with E-state index in [1.54, 1.807) is 0 Å². The SMILES string of the molecule is CC1CCN(C(=O)Cc2ccccc2)CC1N. The molecule has 1 fully saturated rings. The van der Waals surface area contributed by atoms with Crippen LogP contribution in [-0.4, -0.2) is 29.9 Å². The molecule has 2 rings (SSSR count). The molecule has 2 atom stereocenters. The van der Waals surface area contributed by atoms with Crippen molar-refractivity contribution < 1.29 is 4.79 Å². The van der Waals surface area contributed by atoms with Crippen LogP contribution in [0, 0.1) is 5.92 Å². The lowest BCUT2D eigenvalue weighted by Gasteiger charge is -2.35. The van der Waals surface area contributed by atoms with E-state index in [4.69, 9.17) is 5.73 Å². The summed E-state index contributed by atoms with van der Waals surface area (Å²) in [6.45, 7) is 3.71. The van der Waals surface area contributed by atoms with Crippen LogP contribution in [0.2, 0.25) is 0 Å². The van der Waals surface area contributed by atoms with Gasteiger partial charge in [-0.05, 0) is 17.9 Å². The molecule has 3 heteroatoms. The summed E-state index contributed by atoms with van der Waals surface area (Å²) in [5.41, 5.74) is 7.08. The predicted molar refractivity (Wildman–Crippen MR) is 68.5 cm³/mol. The van der Waals surface area contributed by atoms with E-state index in [9.17, 15) is 4.79 Å². The molecule has 1 amide bonds. The lowest BCUT2D eigenvalue weighted by Crippen LogP contribution is -2.50. The Morgan fingerprint density at radius 3 is 2.76 bits per heavy atom. The third kappa shape index (κ3) is 3.07. The number of amides is 1. The van der Waals surface area contributed by atoms with Crippen LogP contribution in [0.25, 0.3) is 0 Å². The molecule has 1 saturated heterocycles. The molecule has 1 heterocycles. The minimum Gasteiger partial charge on any atom is -0.341 e. The fraction of sp³-hybridized carbons (Fsp3) is 0.500. The molecule has 92 valence electrons. The molecule has 0 saturated carbocycles. The van der Waals surface area contributed by atoms with Gasteiger partial charge in [0.05, 0.1) is 6.42 Å². The van der Waals surface area contributed by atoms with E-state index in [2.05, 4.69) is 6.92 Å². The highest BCUT2D eigenvalue weighted by molar-refractivity contribution is 5.78. The molecule has 1 aromatic carbocycles. The molecule has 2 N–H and O–H groups in total. The van der Waals surface area contributed by atoms with E-state index in [-0.39, 0.29) is 11.9 Å². The maximum atomic E-state index is 12.1. The number of carbonyl (C=O) groups excluding carboxylic acids is 1. The van der Waals surface area contributed by atoms with Crippen molar-refractivity contribution in [2.75, 3.05) is 13.1 Å². The number of piperidine rings is 1. The highest BCUT2D eigenvalue weighted by Crippen LogP contribution is 2.16. The number of carbonyl (C=O) groups is 1. The van der Waals surface area contributed by atoms with Gasteiger partial charge in [0.1, 0.15) is 0 Å². The smallest absolute Gasteiger partial charge is 0.227 e. The van der Waals surface area contributed by atoms with Crippen LogP contribution in [0.4, 0.5) is 0 Å². The second kappa shape index (κ2) is 5.32. The molecular weight excluding hydrogens is 212 g/mol. The van der Waals surface area contributed by atoms with Crippen molar-refractivity contribution >= 4 is 5.91 Å². The second-order valence-electron chi connectivity index (χ2n) is 4.93. The molecule has 17 heavy (non-hydrogen) atoms. The summed E-state index contributed by atoms with van der Waals surface area (Å²) < 4.78 is 0. The number of nitrogens with zero attached hydrogens (tertiary/aromatic N) is 1. The number of benzene rings is 1. The molecule has 0 aliphatic carbocycles. The normalized spacial score (nSPS) is 24.7. The maximum Gasteiger partial charge on any atom is 0.227 e. The van der Waals surface area contributed by atoms with Gasteiger partial charge in [0.2, 0.25) is 5.91 Å². The van der Waals surface area contributed by atoms with Crippen LogP contribution in [0.15, 0.2) is 30.3 Å². The molecule has 1 aromatic rings. The maximum absolute atomic E-state index is 12.1. The first-order valence-electron chi connectivity index (χ1n) is 6.24. The largest absolute Gasteiger partial charge is 0.341 e. The van der Waals surface area contributed by atoms with Crippen molar-refractivity contribution in [1.82, 2.24) is 4.90 Å². The Hall–Kier alpha value is -1.35. The Morgan fingerprint density at radius 2 is 2.12 bits per heavy atom. The highest BCUT2D eigenvalue weighted by atomic mass is 16.2. The van der Waals surface area contributed by atoms with Crippen LogP contribution >= 0.6 is 0 Å². The third-order valence-corrected chi connectivity index (χ3v) is 3.57. The van der Waals surface area contributed by atoms with E-state index in [1.807, 2.05) is 35.2 Å². The Bertz CT molecular complexity index is 377. The van der Waals surface area contributed by atoms with Crippen LogP contribution in [0.1, 0.15) is 18.9 Å². The lowest BCUT2D eigenvalue weighted by atomic mass is 9.94. The van der Waals surface area contributed by atoms with E-state index >= 15 is 0 Å². The molecule has 2 unspecified atom stereocenters. The summed E-state index contributed by atoms with van der Waals surface area (Å²) in [5.74, 6) is 0.717. The zero-order valence-corrected chi connectivity index (χ0v) is 10.3. The summed E-state index contributed by atoms with van der Waals surface area (Å²) in [6, 6.07) is 10.0. The fourth-order valence-electron chi connectivity index (χ4n) is 2.21. The van der Waals surface area contributed by atoms with E-state index in [0.717, 1.165) is 18.5 Å². The van der Waals surface area contributed by atoms with Gasteiger partial charge in [0, 0.05) is 19.1 Å². The highest BCUT2D eigenvalue weighted by Gasteiger charge is 2.25. The average Bonchev–Trinajstić information content (AvgIpc) is 2.34. The number of likely N-dealkylation sites (tertiary alicyclic amines) is 1. The average molecular weight is 232 g/mol. The molecule has 0 spiro atoms. The van der Waals surface area contributed by atoms with Crippen LogP contribution < -0.4 is 5.73 Å². The molecule has 1 aliphatic rings. The number of nitrogens with two attached hydrogens (primary N) is 1. The topological polar surface area (TPSA) is 46.3 Å². The van der Waals surface area contributed by atoms with Gasteiger partial charge in [-0.2, -0.15) is 0 Å². The molecule has 0 radical (unpaired) electrons. The van der Waals surface area contributed by atoms with Crippen molar-refractivity contribution in [3.05, 3.63) is 35.9 Å². The predicted octanol–water partition coefficient (Wildman–Crippen LogP) is 1.42. The van der Waals surface area contributed by atoms with Crippen molar-refractivity contribution in [3.63, 3.8) is 0 Å². The zero-order valence-electron chi connectivity index (χ0n) is 10.3. The Labute approximate surface area is 103 Å². The lowest BCUT2D eigenvalue weighted by molar-refractivity contribution is -0.132. The Kier molecular flexibility index (Phi) is 3.79. The molecular formula is C14H20N2O. The number of rotatable bonds is 2. The Balaban J connectivity index is 1.93. The summed E-state index contributed by atoms with van der Waals surface area (Å²) in [7, 11) is 0. The van der Waals surface area contributed by atoms with Crippen molar-refractivity contribution in [2.45, 2.75) is 25.8 Å². The van der Waals surface area contributed by atoms with Crippen LogP contribution in [0.5, 0.6) is 0 Å². The van der Waals surface area contributed by atoms with Gasteiger partial charge in [-0.1, -0.05) is 37.3 Å². The number of hydrogen-bond donors (Lipinski definition) is 1. The first-order chi connectivity index (χ1) is 8.16. The van der Waals surface area contributed by atoms with E-state index in [0.29, 0.717) is 18.9 Å². The summed E-state index contributed by atoms with van der Waals surface area (Å²) in [4.78, 5) is 14.0. The first kappa shape index (κ1) is 12.1. The van der Waals surface area contributed by atoms with Crippen molar-refractivity contribution in [2.24, 2.45) is 11.7 Å². The minimum atomic E-state index is 0.128. The first-order valence-corrected chi connectivity index (χ1v) is 6.24. The van der Waals surface area contributed by atoms with Crippen LogP contribution in [-0.2, 0) is 11.2 Å². The van der Waals surface area contributed by atoms with E-state index < -0.39 is 0 Å². The number of hydrogen-bond acceptors (Lipinski definition) is 2. The molecule has 0 aromatic heterocycles. The summed E-state index contributed by atoms with van der Waals surface area (Å²) in [6.07, 6.45) is 1.50. The fourth-order valence-corrected chi connectivity index (χ4v) is 2.21. The summed E-state index contributed by atoms with van der Waals surface area (Å²) >= 11 is 0. The standard InChI is InChI=1S/C14H20N2O/c1-11-7-8-16(10-13(11)15)14(17)9-12-5-3-2-4-6-12/h2-6,11,13H,7-10,15H2,1H3. The zero-order chi connectivity index (χ0) is 12.3. The van der Waals surface area contributed by atoms with Crippen molar-refractivity contribution in [3.8, 4) is 0 Å².